The van der Waals surface area contributed by atoms with Gasteiger partial charge in [0, 0.05) is 24.5 Å². The lowest BCUT2D eigenvalue weighted by Gasteiger charge is -2.28. The van der Waals surface area contributed by atoms with Gasteiger partial charge in [0.25, 0.3) is 5.91 Å². The maximum absolute atomic E-state index is 12.7. The zero-order valence-corrected chi connectivity index (χ0v) is 17.4. The Hall–Kier alpha value is -1.87. The van der Waals surface area contributed by atoms with E-state index in [2.05, 4.69) is 26.8 Å². The molecule has 3 aliphatic rings. The van der Waals surface area contributed by atoms with Crippen LogP contribution >= 0.6 is 12.4 Å². The molecule has 2 saturated heterocycles. The molecule has 1 aromatic carbocycles. The average Bonchev–Trinajstić information content (AvgIpc) is 3.41. The molecule has 4 unspecified atom stereocenters. The van der Waals surface area contributed by atoms with Crippen LogP contribution in [0.25, 0.3) is 0 Å². The van der Waals surface area contributed by atoms with Crippen LogP contribution in [-0.4, -0.2) is 49.6 Å². The molecule has 29 heavy (non-hydrogen) atoms. The second-order valence-electron chi connectivity index (χ2n) is 7.96. The number of amides is 2. The first-order valence-electron chi connectivity index (χ1n) is 10.1. The maximum Gasteiger partial charge on any atom is 0.258 e. The number of rotatable bonds is 7. The normalized spacial score (nSPS) is 26.6. The highest BCUT2D eigenvalue weighted by Gasteiger charge is 2.41. The van der Waals surface area contributed by atoms with E-state index in [4.69, 9.17) is 4.74 Å². The summed E-state index contributed by atoms with van der Waals surface area (Å²) < 4.78 is 5.53. The van der Waals surface area contributed by atoms with Crippen molar-refractivity contribution in [1.29, 1.82) is 0 Å². The highest BCUT2D eigenvalue weighted by atomic mass is 35.5. The van der Waals surface area contributed by atoms with Crippen molar-refractivity contribution < 1.29 is 14.3 Å². The number of hydrogen-bond donors (Lipinski definition) is 5. The fourth-order valence-electron chi connectivity index (χ4n) is 3.86. The first-order valence-corrected chi connectivity index (χ1v) is 10.1. The molecule has 160 valence electrons. The number of halogens is 1. The van der Waals surface area contributed by atoms with Gasteiger partial charge in [-0.1, -0.05) is 12.1 Å². The lowest BCUT2D eigenvalue weighted by atomic mass is 9.89. The summed E-state index contributed by atoms with van der Waals surface area (Å²) in [6, 6.07) is 7.85. The Morgan fingerprint density at radius 1 is 1.17 bits per heavy atom. The molecule has 0 spiro atoms. The van der Waals surface area contributed by atoms with Crippen molar-refractivity contribution in [2.24, 2.45) is 5.92 Å². The monoisotopic (exact) mass is 423 g/mol. The van der Waals surface area contributed by atoms with E-state index < -0.39 is 0 Å². The molecule has 5 N–H and O–H groups in total. The molecule has 1 aliphatic carbocycles. The van der Waals surface area contributed by atoms with E-state index in [9.17, 15) is 9.59 Å². The van der Waals surface area contributed by atoms with Crippen LogP contribution < -0.4 is 31.5 Å². The van der Waals surface area contributed by atoms with Crippen LogP contribution in [0.3, 0.4) is 0 Å². The van der Waals surface area contributed by atoms with E-state index in [1.54, 1.807) is 0 Å². The van der Waals surface area contributed by atoms with Gasteiger partial charge >= 0.3 is 0 Å². The Morgan fingerprint density at radius 3 is 2.66 bits per heavy atom. The summed E-state index contributed by atoms with van der Waals surface area (Å²) in [5.41, 5.74) is 7.39. The summed E-state index contributed by atoms with van der Waals surface area (Å²) in [6.07, 6.45) is 3.15. The van der Waals surface area contributed by atoms with Gasteiger partial charge in [0.1, 0.15) is 11.8 Å². The first-order chi connectivity index (χ1) is 13.6. The smallest absolute Gasteiger partial charge is 0.258 e. The van der Waals surface area contributed by atoms with Crippen molar-refractivity contribution in [1.82, 2.24) is 26.8 Å². The summed E-state index contributed by atoms with van der Waals surface area (Å²) in [6.45, 7) is 3.82. The molecule has 4 atom stereocenters. The number of carbonyl (C=O) groups excluding carboxylic acids is 2. The number of hydrogen-bond acceptors (Lipinski definition) is 6. The van der Waals surface area contributed by atoms with Crippen LogP contribution in [-0.2, 0) is 9.59 Å². The molecule has 0 radical (unpaired) electrons. The van der Waals surface area contributed by atoms with Crippen LogP contribution in [0, 0.1) is 5.92 Å². The van der Waals surface area contributed by atoms with Gasteiger partial charge in [-0.3, -0.25) is 15.0 Å². The number of carbonyl (C=O) groups is 2. The molecule has 0 bridgehead atoms. The van der Waals surface area contributed by atoms with Crippen molar-refractivity contribution >= 4 is 24.2 Å². The number of hydrazine groups is 1. The number of fused-ring (bicyclic) bond motifs is 1. The topological polar surface area (TPSA) is 104 Å². The molecule has 0 aromatic heterocycles. The number of nitrogens with one attached hydrogen (secondary N) is 5. The minimum Gasteiger partial charge on any atom is -0.484 e. The zero-order chi connectivity index (χ0) is 19.5. The molecule has 8 nitrogen and oxygen atoms in total. The molecular formula is C20H30ClN5O3. The van der Waals surface area contributed by atoms with Crippen LogP contribution in [0.4, 0.5) is 0 Å². The Morgan fingerprint density at radius 2 is 1.93 bits per heavy atom. The number of piperidine rings is 1. The first kappa shape index (κ1) is 21.8. The second kappa shape index (κ2) is 9.75. The van der Waals surface area contributed by atoms with Gasteiger partial charge < -0.3 is 20.7 Å². The standard InChI is InChI=1S/C20H29N5O3.ClH/c1-12(22-20(27)19-16-10-21-9-8-17(16)24-25-19)13-2-6-15(7-3-13)28-11-18(26)23-14-4-5-14;/h2-3,6-7,12,14,16-17,19,21,24-25H,4-5,8-11H2,1H3,(H,22,27)(H,23,26);1H. The van der Waals surface area contributed by atoms with E-state index in [1.807, 2.05) is 31.2 Å². The maximum atomic E-state index is 12.7. The van der Waals surface area contributed by atoms with Crippen molar-refractivity contribution in [2.45, 2.75) is 50.4 Å². The molecule has 4 rings (SSSR count). The van der Waals surface area contributed by atoms with Crippen LogP contribution in [0.15, 0.2) is 24.3 Å². The highest BCUT2D eigenvalue weighted by Crippen LogP contribution is 2.22. The summed E-state index contributed by atoms with van der Waals surface area (Å²) in [4.78, 5) is 24.4. The fraction of sp³-hybridized carbons (Fsp3) is 0.600. The van der Waals surface area contributed by atoms with Crippen LogP contribution in [0.5, 0.6) is 5.75 Å². The van der Waals surface area contributed by atoms with Crippen LogP contribution in [0.2, 0.25) is 0 Å². The summed E-state index contributed by atoms with van der Waals surface area (Å²) in [7, 11) is 0. The molecule has 3 fully saturated rings. The third kappa shape index (κ3) is 5.60. The van der Waals surface area contributed by atoms with Gasteiger partial charge in [0.05, 0.1) is 6.04 Å². The van der Waals surface area contributed by atoms with Gasteiger partial charge in [0.15, 0.2) is 6.61 Å². The largest absolute Gasteiger partial charge is 0.484 e. The van der Waals surface area contributed by atoms with Crippen LogP contribution in [0.1, 0.15) is 37.8 Å². The molecular weight excluding hydrogens is 394 g/mol. The molecule has 9 heteroatoms. The summed E-state index contributed by atoms with van der Waals surface area (Å²) >= 11 is 0. The summed E-state index contributed by atoms with van der Waals surface area (Å²) in [5.74, 6) is 0.832. The van der Waals surface area contributed by atoms with E-state index in [-0.39, 0.29) is 48.8 Å². The Labute approximate surface area is 177 Å². The number of benzene rings is 1. The van der Waals surface area contributed by atoms with E-state index in [0.29, 0.717) is 17.8 Å². The van der Waals surface area contributed by atoms with Gasteiger partial charge in [-0.05, 0) is 50.4 Å². The highest BCUT2D eigenvalue weighted by molar-refractivity contribution is 5.85. The minimum absolute atomic E-state index is 0. The Balaban J connectivity index is 0.00000240. The molecule has 1 saturated carbocycles. The van der Waals surface area contributed by atoms with Gasteiger partial charge in [0.2, 0.25) is 5.91 Å². The van der Waals surface area contributed by atoms with Gasteiger partial charge in [-0.2, -0.15) is 0 Å². The minimum atomic E-state index is -0.229. The van der Waals surface area contributed by atoms with E-state index in [0.717, 1.165) is 37.9 Å². The van der Waals surface area contributed by atoms with Crippen molar-refractivity contribution in [2.75, 3.05) is 19.7 Å². The lowest BCUT2D eigenvalue weighted by molar-refractivity contribution is -0.124. The number of ether oxygens (including phenoxy) is 1. The molecule has 2 aliphatic heterocycles. The van der Waals surface area contributed by atoms with Crippen molar-refractivity contribution in [3.05, 3.63) is 29.8 Å². The lowest BCUT2D eigenvalue weighted by Crippen LogP contribution is -2.49. The van der Waals surface area contributed by atoms with Gasteiger partial charge in [-0.15, -0.1) is 12.4 Å². The molecule has 2 amide bonds. The van der Waals surface area contributed by atoms with E-state index >= 15 is 0 Å². The third-order valence-corrected chi connectivity index (χ3v) is 5.72. The SMILES string of the molecule is CC(NC(=O)C1NNC2CCNCC21)c1ccc(OCC(=O)NC2CC2)cc1.Cl. The van der Waals surface area contributed by atoms with Crippen molar-refractivity contribution in [3.63, 3.8) is 0 Å². The summed E-state index contributed by atoms with van der Waals surface area (Å²) in [5, 5.41) is 9.35. The second-order valence-corrected chi connectivity index (χ2v) is 7.96. The molecule has 2 heterocycles. The zero-order valence-electron chi connectivity index (χ0n) is 16.6. The predicted octanol–water partition coefficient (Wildman–Crippen LogP) is 0.398. The average molecular weight is 424 g/mol. The van der Waals surface area contributed by atoms with Gasteiger partial charge in [-0.25, -0.2) is 5.43 Å². The third-order valence-electron chi connectivity index (χ3n) is 5.72. The Kier molecular flexibility index (Phi) is 7.34. The Bertz CT molecular complexity index is 713. The van der Waals surface area contributed by atoms with Crippen molar-refractivity contribution in [3.8, 4) is 5.75 Å². The predicted molar refractivity (Wildman–Crippen MR) is 112 cm³/mol. The quantitative estimate of drug-likeness (QED) is 0.435. The fourth-order valence-corrected chi connectivity index (χ4v) is 3.86. The van der Waals surface area contributed by atoms with E-state index in [1.165, 1.54) is 0 Å². The molecule has 1 aromatic rings.